The number of nitrogens with two attached hydrogens (primary N) is 1. The number of rotatable bonds is 4. The maximum absolute atomic E-state index is 12.8. The summed E-state index contributed by atoms with van der Waals surface area (Å²) in [7, 11) is 0. The van der Waals surface area contributed by atoms with E-state index in [1.54, 1.807) is 23.5 Å². The van der Waals surface area contributed by atoms with Crippen LogP contribution in [0.5, 0.6) is 0 Å². The lowest BCUT2D eigenvalue weighted by Crippen LogP contribution is -2.30. The smallest absolute Gasteiger partial charge is 0.281 e. The molecule has 4 rings (SSSR count). The second kappa shape index (κ2) is 6.89. The highest BCUT2D eigenvalue weighted by Crippen LogP contribution is 2.40. The molecular formula is C19H19N3O2S2. The van der Waals surface area contributed by atoms with Crippen molar-refractivity contribution in [2.45, 2.75) is 37.3 Å². The number of fused-ring (bicyclic) bond motifs is 3. The summed E-state index contributed by atoms with van der Waals surface area (Å²) in [6.45, 7) is 2.20. The predicted molar refractivity (Wildman–Crippen MR) is 107 cm³/mol. The van der Waals surface area contributed by atoms with Crippen molar-refractivity contribution in [1.82, 2.24) is 9.66 Å². The molecule has 1 atom stereocenters. The zero-order valence-electron chi connectivity index (χ0n) is 14.4. The van der Waals surface area contributed by atoms with E-state index in [9.17, 15) is 9.59 Å². The SMILES string of the molecule is CC1CCCc2c1sc1nc(SCC(=O)c3ccccc3)n(N)c(=O)c21. The van der Waals surface area contributed by atoms with Crippen molar-refractivity contribution in [1.29, 1.82) is 0 Å². The van der Waals surface area contributed by atoms with Gasteiger partial charge in [0, 0.05) is 10.4 Å². The highest BCUT2D eigenvalue weighted by Gasteiger charge is 2.25. The van der Waals surface area contributed by atoms with E-state index in [0.29, 0.717) is 22.0 Å². The summed E-state index contributed by atoms with van der Waals surface area (Å²) in [6, 6.07) is 9.10. The zero-order chi connectivity index (χ0) is 18.3. The van der Waals surface area contributed by atoms with Crippen LogP contribution in [0.2, 0.25) is 0 Å². The molecule has 3 aromatic rings. The summed E-state index contributed by atoms with van der Waals surface area (Å²) in [5, 5.41) is 1.05. The average Bonchev–Trinajstić information content (AvgIpc) is 3.04. The fourth-order valence-electron chi connectivity index (χ4n) is 3.42. The van der Waals surface area contributed by atoms with Gasteiger partial charge in [-0.3, -0.25) is 9.59 Å². The Kier molecular flexibility index (Phi) is 4.58. The zero-order valence-corrected chi connectivity index (χ0v) is 16.0. The van der Waals surface area contributed by atoms with E-state index in [1.165, 1.54) is 16.6 Å². The number of hydrogen-bond acceptors (Lipinski definition) is 6. The van der Waals surface area contributed by atoms with Gasteiger partial charge in [-0.15, -0.1) is 11.3 Å². The number of aromatic nitrogens is 2. The molecule has 134 valence electrons. The molecule has 2 aromatic heterocycles. The molecular weight excluding hydrogens is 366 g/mol. The first kappa shape index (κ1) is 17.3. The minimum Gasteiger partial charge on any atom is -0.334 e. The fraction of sp³-hybridized carbons (Fsp3) is 0.316. The van der Waals surface area contributed by atoms with E-state index in [-0.39, 0.29) is 17.1 Å². The average molecular weight is 386 g/mol. The number of Topliss-reactive ketones (excluding diaryl/α,β-unsaturated/α-hetero) is 1. The largest absolute Gasteiger partial charge is 0.334 e. The van der Waals surface area contributed by atoms with Gasteiger partial charge in [0.05, 0.1) is 11.1 Å². The third kappa shape index (κ3) is 2.95. The van der Waals surface area contributed by atoms with Crippen molar-refractivity contribution < 1.29 is 4.79 Å². The van der Waals surface area contributed by atoms with Gasteiger partial charge in [0.1, 0.15) is 4.83 Å². The monoisotopic (exact) mass is 385 g/mol. The standard InChI is InChI=1S/C19H19N3O2S2/c1-11-6-5-9-13-15-17(26-16(11)13)21-19(22(20)18(15)24)25-10-14(23)12-7-3-2-4-8-12/h2-4,7-8,11H,5-6,9-10,20H2,1H3. The van der Waals surface area contributed by atoms with Gasteiger partial charge in [-0.05, 0) is 30.7 Å². The van der Waals surface area contributed by atoms with Crippen LogP contribution in [0.3, 0.4) is 0 Å². The van der Waals surface area contributed by atoms with Gasteiger partial charge >= 0.3 is 0 Å². The summed E-state index contributed by atoms with van der Waals surface area (Å²) in [5.41, 5.74) is 1.56. The number of aryl methyl sites for hydroxylation is 1. The maximum Gasteiger partial charge on any atom is 0.281 e. The Labute approximate surface area is 159 Å². The molecule has 0 saturated carbocycles. The van der Waals surface area contributed by atoms with Crippen molar-refractivity contribution in [3.05, 3.63) is 56.7 Å². The second-order valence-corrected chi connectivity index (χ2v) is 8.54. The molecule has 7 heteroatoms. The number of ketones is 1. The quantitative estimate of drug-likeness (QED) is 0.321. The Hall–Kier alpha value is -2.12. The summed E-state index contributed by atoms with van der Waals surface area (Å²) in [6.07, 6.45) is 3.14. The van der Waals surface area contributed by atoms with E-state index < -0.39 is 0 Å². The molecule has 0 fully saturated rings. The highest BCUT2D eigenvalue weighted by molar-refractivity contribution is 7.99. The number of carbonyl (C=O) groups excluding carboxylic acids is 1. The number of nitrogen functional groups attached to an aromatic ring is 1. The summed E-state index contributed by atoms with van der Waals surface area (Å²) in [4.78, 5) is 31.7. The summed E-state index contributed by atoms with van der Waals surface area (Å²) in [5.74, 6) is 6.66. The van der Waals surface area contributed by atoms with E-state index in [1.807, 2.05) is 18.2 Å². The normalized spacial score (nSPS) is 16.6. The minimum absolute atomic E-state index is 0.0101. The second-order valence-electron chi connectivity index (χ2n) is 6.57. The minimum atomic E-state index is -0.212. The molecule has 0 aliphatic heterocycles. The van der Waals surface area contributed by atoms with Crippen molar-refractivity contribution in [2.24, 2.45) is 0 Å². The molecule has 0 bridgehead atoms. The summed E-state index contributed by atoms with van der Waals surface area (Å²) < 4.78 is 1.09. The van der Waals surface area contributed by atoms with Crippen LogP contribution < -0.4 is 11.4 Å². The lowest BCUT2D eigenvalue weighted by atomic mass is 9.90. The molecule has 0 radical (unpaired) electrons. The van der Waals surface area contributed by atoms with E-state index >= 15 is 0 Å². The van der Waals surface area contributed by atoms with E-state index in [2.05, 4.69) is 11.9 Å². The van der Waals surface area contributed by atoms with Crippen LogP contribution in [0.4, 0.5) is 0 Å². The van der Waals surface area contributed by atoms with Crippen LogP contribution in [0.15, 0.2) is 40.3 Å². The Morgan fingerprint density at radius 1 is 1.38 bits per heavy atom. The molecule has 5 nitrogen and oxygen atoms in total. The van der Waals surface area contributed by atoms with Gasteiger partial charge in [0.25, 0.3) is 5.56 Å². The molecule has 0 saturated heterocycles. The number of hydrogen-bond donors (Lipinski definition) is 1. The Morgan fingerprint density at radius 3 is 2.92 bits per heavy atom. The third-order valence-corrected chi connectivity index (χ3v) is 7.11. The molecule has 0 spiro atoms. The molecule has 1 aliphatic rings. The van der Waals surface area contributed by atoms with Gasteiger partial charge in [-0.25, -0.2) is 9.66 Å². The Bertz CT molecular complexity index is 1040. The number of nitrogens with zero attached hydrogens (tertiary/aromatic N) is 2. The van der Waals surface area contributed by atoms with Gasteiger partial charge < -0.3 is 5.84 Å². The van der Waals surface area contributed by atoms with Crippen molar-refractivity contribution in [2.75, 3.05) is 11.6 Å². The third-order valence-electron chi connectivity index (χ3n) is 4.80. The van der Waals surface area contributed by atoms with Gasteiger partial charge in [-0.2, -0.15) is 0 Å². The number of carbonyl (C=O) groups is 1. The first-order valence-electron chi connectivity index (χ1n) is 8.60. The van der Waals surface area contributed by atoms with Crippen LogP contribution >= 0.6 is 23.1 Å². The van der Waals surface area contributed by atoms with Gasteiger partial charge in [0.2, 0.25) is 0 Å². The van der Waals surface area contributed by atoms with Gasteiger partial charge in [0.15, 0.2) is 10.9 Å². The van der Waals surface area contributed by atoms with E-state index in [4.69, 9.17) is 5.84 Å². The molecule has 1 aromatic carbocycles. The summed E-state index contributed by atoms with van der Waals surface area (Å²) >= 11 is 2.81. The van der Waals surface area contributed by atoms with Crippen molar-refractivity contribution in [3.8, 4) is 0 Å². The van der Waals surface area contributed by atoms with Crippen LogP contribution in [0.1, 0.15) is 46.5 Å². The lowest BCUT2D eigenvalue weighted by molar-refractivity contribution is 0.102. The Morgan fingerprint density at radius 2 is 2.15 bits per heavy atom. The Balaban J connectivity index is 1.67. The number of thioether (sulfide) groups is 1. The highest BCUT2D eigenvalue weighted by atomic mass is 32.2. The molecule has 2 N–H and O–H groups in total. The maximum atomic E-state index is 12.8. The fourth-order valence-corrected chi connectivity index (χ4v) is 5.58. The lowest BCUT2D eigenvalue weighted by Gasteiger charge is -2.17. The van der Waals surface area contributed by atoms with E-state index in [0.717, 1.165) is 34.3 Å². The first-order chi connectivity index (χ1) is 12.6. The number of thiophene rings is 1. The van der Waals surface area contributed by atoms with Crippen LogP contribution in [-0.2, 0) is 6.42 Å². The molecule has 2 heterocycles. The molecule has 26 heavy (non-hydrogen) atoms. The predicted octanol–water partition coefficient (Wildman–Crippen LogP) is 3.59. The van der Waals surface area contributed by atoms with Crippen molar-refractivity contribution >= 4 is 39.1 Å². The van der Waals surface area contributed by atoms with Gasteiger partial charge in [-0.1, -0.05) is 49.0 Å². The number of benzene rings is 1. The molecule has 1 aliphatic carbocycles. The first-order valence-corrected chi connectivity index (χ1v) is 10.4. The van der Waals surface area contributed by atoms with Crippen LogP contribution in [0, 0.1) is 0 Å². The van der Waals surface area contributed by atoms with Crippen molar-refractivity contribution in [3.63, 3.8) is 0 Å². The van der Waals surface area contributed by atoms with Crippen LogP contribution in [0.25, 0.3) is 10.2 Å². The topological polar surface area (TPSA) is 78.0 Å². The van der Waals surface area contributed by atoms with Crippen LogP contribution in [-0.4, -0.2) is 21.2 Å². The molecule has 1 unspecified atom stereocenters. The molecule has 0 amide bonds.